The minimum atomic E-state index is -0.0642. The number of nitrogens with two attached hydrogens (primary N) is 1. The smallest absolute Gasteiger partial charge is 0.263 e. The Hall–Kier alpha value is -0.920. The number of nitrogen functional groups attached to an aromatic ring is 1. The van der Waals surface area contributed by atoms with Gasteiger partial charge in [0.15, 0.2) is 0 Å². The zero-order valence-electron chi connectivity index (χ0n) is 12.2. The lowest BCUT2D eigenvalue weighted by molar-refractivity contribution is 0.0960. The van der Waals surface area contributed by atoms with E-state index in [2.05, 4.69) is 22.2 Å². The highest BCUT2D eigenvalue weighted by Gasteiger charge is 2.25. The molecule has 0 aromatic carbocycles. The molecule has 20 heavy (non-hydrogen) atoms. The van der Waals surface area contributed by atoms with Crippen molar-refractivity contribution in [2.24, 2.45) is 0 Å². The van der Waals surface area contributed by atoms with E-state index in [1.165, 1.54) is 11.3 Å². The first-order valence-corrected chi connectivity index (χ1v) is 8.80. The van der Waals surface area contributed by atoms with Crippen LogP contribution in [-0.2, 0) is 0 Å². The van der Waals surface area contributed by atoms with Gasteiger partial charge < -0.3 is 20.9 Å². The fourth-order valence-electron chi connectivity index (χ4n) is 2.24. The summed E-state index contributed by atoms with van der Waals surface area (Å²) in [7, 11) is 2.13. The van der Waals surface area contributed by atoms with Crippen molar-refractivity contribution in [1.82, 2.24) is 10.2 Å². The summed E-state index contributed by atoms with van der Waals surface area (Å²) in [4.78, 5) is 18.4. The van der Waals surface area contributed by atoms with Crippen molar-refractivity contribution in [1.29, 1.82) is 0 Å². The van der Waals surface area contributed by atoms with Crippen molar-refractivity contribution in [3.8, 4) is 0 Å². The molecule has 7 heteroatoms. The van der Waals surface area contributed by atoms with Crippen LogP contribution in [0.1, 0.15) is 16.6 Å². The highest BCUT2D eigenvalue weighted by molar-refractivity contribution is 7.99. The fourth-order valence-corrected chi connectivity index (χ4v) is 4.39. The quantitative estimate of drug-likeness (QED) is 0.826. The molecule has 1 saturated heterocycles. The third kappa shape index (κ3) is 3.05. The molecule has 0 spiro atoms. The van der Waals surface area contributed by atoms with Gasteiger partial charge in [-0.1, -0.05) is 0 Å². The number of rotatable bonds is 4. The van der Waals surface area contributed by atoms with Crippen LogP contribution in [0.2, 0.25) is 0 Å². The Morgan fingerprint density at radius 1 is 1.40 bits per heavy atom. The first kappa shape index (κ1) is 15.5. The van der Waals surface area contributed by atoms with Crippen LogP contribution in [0.4, 0.5) is 10.7 Å². The van der Waals surface area contributed by atoms with Gasteiger partial charge in [0, 0.05) is 32.7 Å². The molecule has 5 nitrogen and oxygen atoms in total. The molecule has 2 heterocycles. The van der Waals surface area contributed by atoms with Crippen molar-refractivity contribution >= 4 is 39.7 Å². The van der Waals surface area contributed by atoms with Crippen LogP contribution in [0, 0.1) is 0 Å². The molecule has 1 aliphatic rings. The SMILES string of the molecule is CCNC(=O)c1sc(N2CCN(C)CC2)c(SC)c1N. The van der Waals surface area contributed by atoms with E-state index in [1.807, 2.05) is 13.2 Å². The summed E-state index contributed by atoms with van der Waals surface area (Å²) in [6, 6.07) is 0. The van der Waals surface area contributed by atoms with Crippen molar-refractivity contribution in [3.63, 3.8) is 0 Å². The molecule has 1 fully saturated rings. The van der Waals surface area contributed by atoms with Crippen LogP contribution in [0.3, 0.4) is 0 Å². The maximum atomic E-state index is 12.1. The molecule has 1 aliphatic heterocycles. The van der Waals surface area contributed by atoms with E-state index in [0.717, 1.165) is 36.1 Å². The average Bonchev–Trinajstić information content (AvgIpc) is 2.77. The summed E-state index contributed by atoms with van der Waals surface area (Å²) in [6.45, 7) is 6.59. The Morgan fingerprint density at radius 2 is 2.05 bits per heavy atom. The van der Waals surface area contributed by atoms with Gasteiger partial charge in [0.25, 0.3) is 5.91 Å². The highest BCUT2D eigenvalue weighted by atomic mass is 32.2. The number of likely N-dealkylation sites (N-methyl/N-ethyl adjacent to an activating group) is 1. The van der Waals surface area contributed by atoms with E-state index in [9.17, 15) is 4.79 Å². The number of thioether (sulfide) groups is 1. The van der Waals surface area contributed by atoms with Gasteiger partial charge in [-0.3, -0.25) is 4.79 Å². The lowest BCUT2D eigenvalue weighted by Crippen LogP contribution is -2.44. The molecule has 1 amide bonds. The van der Waals surface area contributed by atoms with Gasteiger partial charge in [0.1, 0.15) is 9.88 Å². The topological polar surface area (TPSA) is 61.6 Å². The number of piperazine rings is 1. The second-order valence-corrected chi connectivity index (χ2v) is 6.65. The van der Waals surface area contributed by atoms with Gasteiger partial charge in [-0.05, 0) is 20.2 Å². The first-order valence-electron chi connectivity index (χ1n) is 6.76. The van der Waals surface area contributed by atoms with Gasteiger partial charge in [0.05, 0.1) is 10.6 Å². The summed E-state index contributed by atoms with van der Waals surface area (Å²) in [5, 5.41) is 3.98. The van der Waals surface area contributed by atoms with E-state index in [4.69, 9.17) is 5.73 Å². The van der Waals surface area contributed by atoms with Crippen molar-refractivity contribution in [2.45, 2.75) is 11.8 Å². The largest absolute Gasteiger partial charge is 0.396 e. The van der Waals surface area contributed by atoms with Gasteiger partial charge in [-0.15, -0.1) is 23.1 Å². The van der Waals surface area contributed by atoms with Crippen LogP contribution < -0.4 is 16.0 Å². The lowest BCUT2D eigenvalue weighted by atomic mass is 10.3. The number of carbonyl (C=O) groups is 1. The van der Waals surface area contributed by atoms with E-state index in [0.29, 0.717) is 17.1 Å². The number of anilines is 2. The van der Waals surface area contributed by atoms with Crippen LogP contribution in [-0.4, -0.2) is 56.8 Å². The second kappa shape index (κ2) is 6.69. The number of carbonyl (C=O) groups excluding carboxylic acids is 1. The third-order valence-electron chi connectivity index (χ3n) is 3.42. The third-order valence-corrected chi connectivity index (χ3v) is 5.64. The zero-order chi connectivity index (χ0) is 14.7. The second-order valence-electron chi connectivity index (χ2n) is 4.83. The van der Waals surface area contributed by atoms with Crippen molar-refractivity contribution in [3.05, 3.63) is 4.88 Å². The highest BCUT2D eigenvalue weighted by Crippen LogP contribution is 2.44. The molecule has 2 rings (SSSR count). The van der Waals surface area contributed by atoms with Gasteiger partial charge in [-0.25, -0.2) is 0 Å². The molecule has 0 bridgehead atoms. The number of nitrogens with one attached hydrogen (secondary N) is 1. The van der Waals surface area contributed by atoms with Crippen LogP contribution in [0.5, 0.6) is 0 Å². The number of amides is 1. The predicted molar refractivity (Wildman–Crippen MR) is 88.2 cm³/mol. The summed E-state index contributed by atoms with van der Waals surface area (Å²) < 4.78 is 0. The molecule has 0 unspecified atom stereocenters. The molecule has 0 aliphatic carbocycles. The van der Waals surface area contributed by atoms with Crippen LogP contribution >= 0.6 is 23.1 Å². The normalized spacial score (nSPS) is 16.4. The van der Waals surface area contributed by atoms with E-state index in [1.54, 1.807) is 11.8 Å². The minimum absolute atomic E-state index is 0.0642. The fraction of sp³-hybridized carbons (Fsp3) is 0.615. The van der Waals surface area contributed by atoms with Gasteiger partial charge in [-0.2, -0.15) is 0 Å². The summed E-state index contributed by atoms with van der Waals surface area (Å²) in [6.07, 6.45) is 2.01. The molecule has 0 radical (unpaired) electrons. The predicted octanol–water partition coefficient (Wildman–Crippen LogP) is 1.55. The minimum Gasteiger partial charge on any atom is -0.396 e. The molecule has 0 saturated carbocycles. The number of hydrogen-bond acceptors (Lipinski definition) is 6. The Bertz CT molecular complexity index is 481. The van der Waals surface area contributed by atoms with Crippen LogP contribution in [0.15, 0.2) is 4.90 Å². The zero-order valence-corrected chi connectivity index (χ0v) is 13.9. The van der Waals surface area contributed by atoms with E-state index >= 15 is 0 Å². The first-order chi connectivity index (χ1) is 9.58. The summed E-state index contributed by atoms with van der Waals surface area (Å²) in [5.74, 6) is -0.0642. The molecule has 1 aromatic heterocycles. The Morgan fingerprint density at radius 3 is 2.60 bits per heavy atom. The maximum absolute atomic E-state index is 12.1. The lowest BCUT2D eigenvalue weighted by Gasteiger charge is -2.33. The average molecular weight is 314 g/mol. The Kier molecular flexibility index (Phi) is 5.17. The molecule has 1 aromatic rings. The molecule has 112 valence electrons. The standard InChI is InChI=1S/C13H22N4OS2/c1-4-15-12(18)10-9(14)11(19-3)13(20-10)17-7-5-16(2)6-8-17/h4-8,14H2,1-3H3,(H,15,18). The number of thiophene rings is 1. The van der Waals surface area contributed by atoms with Gasteiger partial charge in [0.2, 0.25) is 0 Å². The number of nitrogens with zero attached hydrogens (tertiary/aromatic N) is 2. The molecular weight excluding hydrogens is 292 g/mol. The molecule has 3 N–H and O–H groups in total. The van der Waals surface area contributed by atoms with E-state index < -0.39 is 0 Å². The number of hydrogen-bond donors (Lipinski definition) is 2. The molecular formula is C13H22N4OS2. The Labute approximate surface area is 128 Å². The van der Waals surface area contributed by atoms with Crippen LogP contribution in [0.25, 0.3) is 0 Å². The van der Waals surface area contributed by atoms with Crippen molar-refractivity contribution < 1.29 is 4.79 Å². The summed E-state index contributed by atoms with van der Waals surface area (Å²) in [5.41, 5.74) is 6.80. The molecule has 0 atom stereocenters. The summed E-state index contributed by atoms with van der Waals surface area (Å²) >= 11 is 3.14. The van der Waals surface area contributed by atoms with E-state index in [-0.39, 0.29) is 5.91 Å². The Balaban J connectivity index is 2.28. The maximum Gasteiger partial charge on any atom is 0.263 e. The van der Waals surface area contributed by atoms with Gasteiger partial charge >= 0.3 is 0 Å². The monoisotopic (exact) mass is 314 g/mol. The van der Waals surface area contributed by atoms with Crippen molar-refractivity contribution in [2.75, 3.05) is 56.7 Å².